The van der Waals surface area contributed by atoms with Crippen molar-refractivity contribution in [1.82, 2.24) is 4.98 Å². The number of rotatable bonds is 6. The first kappa shape index (κ1) is 17.5. The summed E-state index contributed by atoms with van der Waals surface area (Å²) in [5.41, 5.74) is 0.446. The number of methoxy groups -OCH3 is 1. The Bertz CT molecular complexity index is 769. The number of hydrogen-bond acceptors (Lipinski definition) is 6. The number of aromatic nitrogens is 1. The van der Waals surface area contributed by atoms with Crippen LogP contribution in [0.3, 0.4) is 0 Å². The summed E-state index contributed by atoms with van der Waals surface area (Å²) in [4.78, 5) is 26.0. The number of carbonyl (C=O) groups excluding carboxylic acids is 1. The maximum Gasteiger partial charge on any atom is 0.406 e. The molecule has 1 unspecified atom stereocenters. The van der Waals surface area contributed by atoms with E-state index in [1.807, 2.05) is 0 Å². The van der Waals surface area contributed by atoms with Crippen molar-refractivity contribution in [2.75, 3.05) is 12.4 Å². The average Bonchev–Trinajstić information content (AvgIpc) is 2.55. The zero-order chi connectivity index (χ0) is 17.7. The lowest BCUT2D eigenvalue weighted by molar-refractivity contribution is -0.390. The Morgan fingerprint density at radius 3 is 2.75 bits per heavy atom. The molecule has 126 valence electrons. The standard InChI is InChI=1S/C15H14ClN3O5/c1-9(24-13-4-3-7-17-14(13)19(21)22)15(20)18-10-5-6-12(23-2)11(16)8-10/h3-9H,1-2H3,(H,18,20). The first-order valence-electron chi connectivity index (χ1n) is 6.83. The van der Waals surface area contributed by atoms with Crippen LogP contribution in [0.1, 0.15) is 6.92 Å². The average molecular weight is 352 g/mol. The van der Waals surface area contributed by atoms with Crippen LogP contribution in [0.15, 0.2) is 36.5 Å². The number of nitro groups is 1. The zero-order valence-corrected chi connectivity index (χ0v) is 13.6. The molecule has 0 spiro atoms. The van der Waals surface area contributed by atoms with Crippen molar-refractivity contribution in [2.24, 2.45) is 0 Å². The van der Waals surface area contributed by atoms with E-state index in [0.29, 0.717) is 16.5 Å². The Kier molecular flexibility index (Phi) is 5.54. The van der Waals surface area contributed by atoms with Crippen molar-refractivity contribution in [3.05, 3.63) is 51.7 Å². The fourth-order valence-corrected chi connectivity index (χ4v) is 2.10. The van der Waals surface area contributed by atoms with Gasteiger partial charge in [-0.25, -0.2) is 0 Å². The van der Waals surface area contributed by atoms with E-state index < -0.39 is 22.8 Å². The van der Waals surface area contributed by atoms with Gasteiger partial charge in [0, 0.05) is 5.69 Å². The van der Waals surface area contributed by atoms with Crippen molar-refractivity contribution >= 4 is 29.0 Å². The molecule has 24 heavy (non-hydrogen) atoms. The van der Waals surface area contributed by atoms with Crippen LogP contribution in [0.4, 0.5) is 11.5 Å². The van der Waals surface area contributed by atoms with E-state index >= 15 is 0 Å². The summed E-state index contributed by atoms with van der Waals surface area (Å²) < 4.78 is 10.4. The molecule has 1 amide bonds. The molecule has 0 fully saturated rings. The van der Waals surface area contributed by atoms with E-state index in [-0.39, 0.29) is 5.75 Å². The predicted octanol–water partition coefficient (Wildman–Crippen LogP) is 3.06. The van der Waals surface area contributed by atoms with Crippen molar-refractivity contribution in [2.45, 2.75) is 13.0 Å². The number of pyridine rings is 1. The van der Waals surface area contributed by atoms with Gasteiger partial charge in [0.25, 0.3) is 5.91 Å². The van der Waals surface area contributed by atoms with Crippen LogP contribution >= 0.6 is 11.6 Å². The third kappa shape index (κ3) is 4.11. The van der Waals surface area contributed by atoms with E-state index in [0.717, 1.165) is 0 Å². The summed E-state index contributed by atoms with van der Waals surface area (Å²) in [6, 6.07) is 7.60. The molecule has 0 aliphatic heterocycles. The van der Waals surface area contributed by atoms with Crippen LogP contribution in [0, 0.1) is 10.1 Å². The van der Waals surface area contributed by atoms with Gasteiger partial charge in [-0.05, 0) is 47.2 Å². The Balaban J connectivity index is 2.08. The number of halogens is 1. The monoisotopic (exact) mass is 351 g/mol. The van der Waals surface area contributed by atoms with E-state index in [1.54, 1.807) is 12.1 Å². The second-order valence-electron chi connectivity index (χ2n) is 4.68. The number of amides is 1. The van der Waals surface area contributed by atoms with E-state index in [4.69, 9.17) is 21.1 Å². The molecule has 9 heteroatoms. The van der Waals surface area contributed by atoms with Gasteiger partial charge < -0.3 is 24.9 Å². The summed E-state index contributed by atoms with van der Waals surface area (Å²) in [7, 11) is 1.48. The quantitative estimate of drug-likeness (QED) is 0.633. The summed E-state index contributed by atoms with van der Waals surface area (Å²) >= 11 is 5.99. The van der Waals surface area contributed by atoms with Crippen molar-refractivity contribution < 1.29 is 19.2 Å². The number of ether oxygens (including phenoxy) is 2. The molecule has 1 N–H and O–H groups in total. The Morgan fingerprint density at radius 1 is 1.38 bits per heavy atom. The number of nitrogens with one attached hydrogen (secondary N) is 1. The molecule has 0 radical (unpaired) electrons. The van der Waals surface area contributed by atoms with Gasteiger partial charge in [-0.3, -0.25) is 4.79 Å². The highest BCUT2D eigenvalue weighted by molar-refractivity contribution is 6.32. The number of hydrogen-bond donors (Lipinski definition) is 1. The minimum absolute atomic E-state index is 0.0853. The molecule has 0 bridgehead atoms. The van der Waals surface area contributed by atoms with Gasteiger partial charge >= 0.3 is 5.82 Å². The van der Waals surface area contributed by atoms with Gasteiger partial charge in [-0.1, -0.05) is 11.6 Å². The third-order valence-corrected chi connectivity index (χ3v) is 3.31. The van der Waals surface area contributed by atoms with Gasteiger partial charge in [0.15, 0.2) is 6.10 Å². The van der Waals surface area contributed by atoms with Gasteiger partial charge in [0.05, 0.1) is 12.1 Å². The highest BCUT2D eigenvalue weighted by atomic mass is 35.5. The van der Waals surface area contributed by atoms with Gasteiger partial charge in [-0.2, -0.15) is 0 Å². The second kappa shape index (κ2) is 7.60. The zero-order valence-electron chi connectivity index (χ0n) is 12.9. The van der Waals surface area contributed by atoms with Crippen LogP contribution in [-0.2, 0) is 4.79 Å². The highest BCUT2D eigenvalue weighted by Gasteiger charge is 2.22. The lowest BCUT2D eigenvalue weighted by atomic mass is 10.2. The summed E-state index contributed by atoms with van der Waals surface area (Å²) in [5.74, 6) is -0.554. The van der Waals surface area contributed by atoms with E-state index in [2.05, 4.69) is 10.3 Å². The molecule has 0 saturated heterocycles. The number of benzene rings is 1. The lowest BCUT2D eigenvalue weighted by Crippen LogP contribution is -2.30. The fourth-order valence-electron chi connectivity index (χ4n) is 1.84. The lowest BCUT2D eigenvalue weighted by Gasteiger charge is -2.15. The van der Waals surface area contributed by atoms with Crippen LogP contribution in [0.25, 0.3) is 0 Å². The molecule has 0 aliphatic rings. The van der Waals surface area contributed by atoms with Gasteiger partial charge in [-0.15, -0.1) is 0 Å². The maximum absolute atomic E-state index is 12.2. The molecular weight excluding hydrogens is 338 g/mol. The molecule has 1 aromatic carbocycles. The van der Waals surface area contributed by atoms with Crippen molar-refractivity contribution in [3.8, 4) is 11.5 Å². The first-order valence-corrected chi connectivity index (χ1v) is 7.20. The maximum atomic E-state index is 12.2. The molecule has 2 aromatic rings. The largest absolute Gasteiger partial charge is 0.495 e. The van der Waals surface area contributed by atoms with Crippen molar-refractivity contribution in [3.63, 3.8) is 0 Å². The molecule has 0 aliphatic carbocycles. The summed E-state index contributed by atoms with van der Waals surface area (Å²) in [6.07, 6.45) is 0.295. The van der Waals surface area contributed by atoms with Crippen molar-refractivity contribution in [1.29, 1.82) is 0 Å². The Hall–Kier alpha value is -2.87. The summed E-state index contributed by atoms with van der Waals surface area (Å²) in [6.45, 7) is 1.47. The van der Waals surface area contributed by atoms with Crippen LogP contribution < -0.4 is 14.8 Å². The third-order valence-electron chi connectivity index (χ3n) is 3.02. The molecule has 1 aromatic heterocycles. The fraction of sp³-hybridized carbons (Fsp3) is 0.200. The minimum Gasteiger partial charge on any atom is -0.495 e. The Labute approximate surface area is 142 Å². The number of carbonyl (C=O) groups is 1. The normalized spacial score (nSPS) is 11.5. The van der Waals surface area contributed by atoms with E-state index in [1.165, 1.54) is 38.4 Å². The number of anilines is 1. The molecule has 2 rings (SSSR count). The molecule has 1 heterocycles. The molecule has 1 atom stereocenters. The molecule has 8 nitrogen and oxygen atoms in total. The van der Waals surface area contributed by atoms with Crippen LogP contribution in [0.5, 0.6) is 11.5 Å². The first-order chi connectivity index (χ1) is 11.4. The smallest absolute Gasteiger partial charge is 0.406 e. The highest BCUT2D eigenvalue weighted by Crippen LogP contribution is 2.28. The Morgan fingerprint density at radius 2 is 2.12 bits per heavy atom. The minimum atomic E-state index is -0.978. The molecular formula is C15H14ClN3O5. The second-order valence-corrected chi connectivity index (χ2v) is 5.09. The predicted molar refractivity (Wildman–Crippen MR) is 87.6 cm³/mol. The van der Waals surface area contributed by atoms with E-state index in [9.17, 15) is 14.9 Å². The van der Waals surface area contributed by atoms with Crippen LogP contribution in [-0.4, -0.2) is 29.0 Å². The van der Waals surface area contributed by atoms with Gasteiger partial charge in [0.1, 0.15) is 11.9 Å². The topological polar surface area (TPSA) is 104 Å². The SMILES string of the molecule is COc1ccc(NC(=O)C(C)Oc2cccnc2[N+](=O)[O-])cc1Cl. The summed E-state index contributed by atoms with van der Waals surface area (Å²) in [5, 5.41) is 13.8. The molecule has 0 saturated carbocycles. The van der Waals surface area contributed by atoms with Crippen LogP contribution in [0.2, 0.25) is 5.02 Å². The number of nitrogens with zero attached hydrogens (tertiary/aromatic N) is 2. The van der Waals surface area contributed by atoms with Gasteiger partial charge in [0.2, 0.25) is 5.75 Å².